The van der Waals surface area contributed by atoms with Gasteiger partial charge in [0.15, 0.2) is 0 Å². The smallest absolute Gasteiger partial charge is 0.306 e. The molecule has 0 aromatic carbocycles. The number of hydrogen-bond acceptors (Lipinski definition) is 4. The molecule has 4 nitrogen and oxygen atoms in total. The Labute approximate surface area is 148 Å². The normalized spacial score (nSPS) is 11.7. The van der Waals surface area contributed by atoms with Gasteiger partial charge in [0.1, 0.15) is 6.61 Å². The second kappa shape index (κ2) is 15.2. The van der Waals surface area contributed by atoms with E-state index in [-0.39, 0.29) is 30.9 Å². The number of unbranched alkanes of at least 4 members (excludes halogenated alkanes) is 5. The monoisotopic (exact) mass is 340 g/mol. The molecule has 0 spiro atoms. The summed E-state index contributed by atoms with van der Waals surface area (Å²) in [5.74, 6) is -0.481. The van der Waals surface area contributed by atoms with Gasteiger partial charge in [-0.2, -0.15) is 0 Å². The lowest BCUT2D eigenvalue weighted by atomic mass is 10.1. The van der Waals surface area contributed by atoms with Gasteiger partial charge in [-0.15, -0.1) is 0 Å². The zero-order chi connectivity index (χ0) is 18.2. The van der Waals surface area contributed by atoms with Crippen LogP contribution in [-0.2, 0) is 19.1 Å². The number of rotatable bonds is 14. The first-order valence-corrected chi connectivity index (χ1v) is 9.44. The molecule has 0 radical (unpaired) electrons. The second-order valence-electron chi connectivity index (χ2n) is 6.67. The Morgan fingerprint density at radius 2 is 1.54 bits per heavy atom. The van der Waals surface area contributed by atoms with Crippen molar-refractivity contribution in [1.29, 1.82) is 0 Å². The topological polar surface area (TPSA) is 52.6 Å². The van der Waals surface area contributed by atoms with Gasteiger partial charge in [-0.1, -0.05) is 44.6 Å². The molecule has 0 saturated carbocycles. The van der Waals surface area contributed by atoms with Crippen molar-refractivity contribution in [2.24, 2.45) is 0 Å². The van der Waals surface area contributed by atoms with E-state index in [0.717, 1.165) is 18.4 Å². The molecule has 0 rings (SSSR count). The average Bonchev–Trinajstić information content (AvgIpc) is 2.50. The number of carbonyl (C=O) groups excluding carboxylic acids is 2. The van der Waals surface area contributed by atoms with Crippen LogP contribution in [0.25, 0.3) is 0 Å². The molecular weight excluding hydrogens is 304 g/mol. The van der Waals surface area contributed by atoms with Crippen LogP contribution in [0.2, 0.25) is 0 Å². The fourth-order valence-electron chi connectivity index (χ4n) is 2.30. The molecule has 1 unspecified atom stereocenters. The predicted octanol–water partition coefficient (Wildman–Crippen LogP) is 5.35. The third-order valence-electron chi connectivity index (χ3n) is 3.79. The highest BCUT2D eigenvalue weighted by atomic mass is 16.5. The number of ether oxygens (including phenoxy) is 2. The highest BCUT2D eigenvalue weighted by Gasteiger charge is 2.10. The Morgan fingerprint density at radius 1 is 0.917 bits per heavy atom. The number of esters is 2. The van der Waals surface area contributed by atoms with E-state index in [1.165, 1.54) is 32.1 Å². The van der Waals surface area contributed by atoms with Gasteiger partial charge in [0.2, 0.25) is 0 Å². The van der Waals surface area contributed by atoms with E-state index in [1.807, 2.05) is 26.8 Å². The van der Waals surface area contributed by atoms with Crippen molar-refractivity contribution in [2.75, 3.05) is 6.61 Å². The van der Waals surface area contributed by atoms with Gasteiger partial charge in [-0.3, -0.25) is 9.59 Å². The predicted molar refractivity (Wildman–Crippen MR) is 97.8 cm³/mol. The molecule has 0 N–H and O–H groups in total. The molecule has 0 amide bonds. The van der Waals surface area contributed by atoms with Gasteiger partial charge in [-0.25, -0.2) is 0 Å². The third kappa shape index (κ3) is 15.6. The third-order valence-corrected chi connectivity index (χ3v) is 3.79. The lowest BCUT2D eigenvalue weighted by Gasteiger charge is -2.13. The summed E-state index contributed by atoms with van der Waals surface area (Å²) < 4.78 is 10.4. The first-order valence-electron chi connectivity index (χ1n) is 9.44. The molecule has 1 atom stereocenters. The van der Waals surface area contributed by atoms with Gasteiger partial charge < -0.3 is 9.47 Å². The van der Waals surface area contributed by atoms with Crippen molar-refractivity contribution in [3.8, 4) is 0 Å². The minimum Gasteiger partial charge on any atom is -0.463 e. The lowest BCUT2D eigenvalue weighted by molar-refractivity contribution is -0.149. The van der Waals surface area contributed by atoms with Crippen molar-refractivity contribution in [1.82, 2.24) is 0 Å². The maximum atomic E-state index is 11.7. The zero-order valence-corrected chi connectivity index (χ0v) is 16.1. The van der Waals surface area contributed by atoms with Gasteiger partial charge in [-0.05, 0) is 46.1 Å². The molecule has 0 aromatic heterocycles. The molecule has 24 heavy (non-hydrogen) atoms. The van der Waals surface area contributed by atoms with E-state index >= 15 is 0 Å². The highest BCUT2D eigenvalue weighted by molar-refractivity contribution is 5.72. The summed E-state index contributed by atoms with van der Waals surface area (Å²) in [6.45, 7) is 8.37. The standard InChI is InChI=1S/C20H36O4/c1-5-6-7-8-9-10-12-18(4)24-20(22)14-11-13-19(21)23-16-15-17(2)3/h15,18H,5-14,16H2,1-4H3. The van der Waals surface area contributed by atoms with Crippen molar-refractivity contribution in [3.63, 3.8) is 0 Å². The quantitative estimate of drug-likeness (QED) is 0.243. The Bertz CT molecular complexity index is 370. The molecule has 0 aliphatic rings. The minimum atomic E-state index is -0.263. The molecule has 0 aromatic rings. The van der Waals surface area contributed by atoms with Crippen LogP contribution in [0.15, 0.2) is 11.6 Å². The van der Waals surface area contributed by atoms with Crippen LogP contribution in [0.1, 0.15) is 91.9 Å². The largest absolute Gasteiger partial charge is 0.463 e. The van der Waals surface area contributed by atoms with Crippen LogP contribution in [-0.4, -0.2) is 24.6 Å². The fraction of sp³-hybridized carbons (Fsp3) is 0.800. The summed E-state index contributed by atoms with van der Waals surface area (Å²) >= 11 is 0. The first kappa shape index (κ1) is 22.7. The van der Waals surface area contributed by atoms with Crippen LogP contribution in [0.4, 0.5) is 0 Å². The molecule has 0 heterocycles. The average molecular weight is 341 g/mol. The van der Waals surface area contributed by atoms with Crippen molar-refractivity contribution in [3.05, 3.63) is 11.6 Å². The van der Waals surface area contributed by atoms with E-state index in [9.17, 15) is 9.59 Å². The molecule has 0 bridgehead atoms. The molecule has 0 aliphatic carbocycles. The van der Waals surface area contributed by atoms with E-state index in [1.54, 1.807) is 0 Å². The van der Waals surface area contributed by atoms with E-state index in [0.29, 0.717) is 13.0 Å². The summed E-state index contributed by atoms with van der Waals surface area (Å²) in [4.78, 5) is 23.2. The van der Waals surface area contributed by atoms with Crippen LogP contribution in [0.3, 0.4) is 0 Å². The zero-order valence-electron chi connectivity index (χ0n) is 16.1. The van der Waals surface area contributed by atoms with Crippen LogP contribution in [0, 0.1) is 0 Å². The summed E-state index contributed by atoms with van der Waals surface area (Å²) in [5.41, 5.74) is 1.12. The van der Waals surface area contributed by atoms with Gasteiger partial charge in [0.05, 0.1) is 6.10 Å². The molecule has 0 aliphatic heterocycles. The van der Waals surface area contributed by atoms with Crippen molar-refractivity contribution >= 4 is 11.9 Å². The van der Waals surface area contributed by atoms with E-state index < -0.39 is 0 Å². The van der Waals surface area contributed by atoms with Crippen LogP contribution < -0.4 is 0 Å². The van der Waals surface area contributed by atoms with E-state index in [4.69, 9.17) is 9.47 Å². The lowest BCUT2D eigenvalue weighted by Crippen LogP contribution is -2.15. The molecule has 4 heteroatoms. The maximum absolute atomic E-state index is 11.7. The van der Waals surface area contributed by atoms with E-state index in [2.05, 4.69) is 6.92 Å². The molecule has 140 valence electrons. The Kier molecular flexibility index (Phi) is 14.4. The Hall–Kier alpha value is -1.32. The van der Waals surface area contributed by atoms with Gasteiger partial charge in [0, 0.05) is 12.8 Å². The number of hydrogen-bond donors (Lipinski definition) is 0. The Balaban J connectivity index is 3.60. The molecular formula is C20H36O4. The first-order chi connectivity index (χ1) is 11.5. The maximum Gasteiger partial charge on any atom is 0.306 e. The van der Waals surface area contributed by atoms with Crippen molar-refractivity contribution < 1.29 is 19.1 Å². The van der Waals surface area contributed by atoms with Crippen molar-refractivity contribution in [2.45, 2.75) is 98.0 Å². The summed E-state index contributed by atoms with van der Waals surface area (Å²) in [7, 11) is 0. The summed E-state index contributed by atoms with van der Waals surface area (Å²) in [6, 6.07) is 0. The highest BCUT2D eigenvalue weighted by Crippen LogP contribution is 2.11. The van der Waals surface area contributed by atoms with Crippen LogP contribution in [0.5, 0.6) is 0 Å². The summed E-state index contributed by atoms with van der Waals surface area (Å²) in [6.07, 6.45) is 11.2. The van der Waals surface area contributed by atoms with Gasteiger partial charge >= 0.3 is 11.9 Å². The second-order valence-corrected chi connectivity index (χ2v) is 6.67. The van der Waals surface area contributed by atoms with Crippen LogP contribution >= 0.6 is 0 Å². The number of allylic oxidation sites excluding steroid dienone is 1. The molecule has 0 fully saturated rings. The molecule has 0 saturated heterocycles. The summed E-state index contributed by atoms with van der Waals surface area (Å²) in [5, 5.41) is 0. The minimum absolute atomic E-state index is 0.0340. The van der Waals surface area contributed by atoms with Gasteiger partial charge in [0.25, 0.3) is 0 Å². The fourth-order valence-corrected chi connectivity index (χ4v) is 2.30. The SMILES string of the molecule is CCCCCCCCC(C)OC(=O)CCCC(=O)OCC=C(C)C. The number of carbonyl (C=O) groups is 2. The Morgan fingerprint density at radius 3 is 2.21 bits per heavy atom.